The van der Waals surface area contributed by atoms with Crippen molar-refractivity contribution < 1.29 is 0 Å². The monoisotopic (exact) mass is 244 g/mol. The van der Waals surface area contributed by atoms with Gasteiger partial charge in [0.1, 0.15) is 0 Å². The molecule has 0 spiro atoms. The van der Waals surface area contributed by atoms with Gasteiger partial charge in [0.2, 0.25) is 0 Å². The van der Waals surface area contributed by atoms with Crippen LogP contribution in [-0.4, -0.2) is 30.1 Å². The van der Waals surface area contributed by atoms with Crippen LogP contribution < -0.4 is 5.32 Å². The Kier molecular flexibility index (Phi) is 3.29. The molecule has 1 aliphatic heterocycles. The summed E-state index contributed by atoms with van der Waals surface area (Å²) >= 11 is 0. The van der Waals surface area contributed by atoms with Crippen molar-refractivity contribution in [2.75, 3.05) is 18.4 Å². The lowest BCUT2D eigenvalue weighted by molar-refractivity contribution is 0.274. The van der Waals surface area contributed by atoms with Crippen LogP contribution in [-0.2, 0) is 12.8 Å². The van der Waals surface area contributed by atoms with Gasteiger partial charge in [0.15, 0.2) is 0 Å². The molecule has 2 nitrogen and oxygen atoms in total. The van der Waals surface area contributed by atoms with Crippen molar-refractivity contribution in [2.24, 2.45) is 0 Å². The van der Waals surface area contributed by atoms with Crippen LogP contribution in [0.4, 0.5) is 5.69 Å². The number of hydrogen-bond acceptors (Lipinski definition) is 2. The lowest BCUT2D eigenvalue weighted by Gasteiger charge is -2.21. The summed E-state index contributed by atoms with van der Waals surface area (Å²) in [5.41, 5.74) is 4.46. The highest BCUT2D eigenvalue weighted by atomic mass is 15.2. The van der Waals surface area contributed by atoms with E-state index in [9.17, 15) is 0 Å². The fourth-order valence-corrected chi connectivity index (χ4v) is 3.27. The number of rotatable bonds is 3. The molecule has 0 radical (unpaired) electrons. The summed E-state index contributed by atoms with van der Waals surface area (Å²) in [6.07, 6.45) is 5.16. The molecule has 0 aromatic heterocycles. The van der Waals surface area contributed by atoms with Gasteiger partial charge >= 0.3 is 0 Å². The van der Waals surface area contributed by atoms with Gasteiger partial charge in [-0.05, 0) is 62.8 Å². The van der Waals surface area contributed by atoms with E-state index in [1.807, 2.05) is 0 Å². The Bertz CT molecular complexity index is 425. The first-order chi connectivity index (χ1) is 8.72. The summed E-state index contributed by atoms with van der Waals surface area (Å²) in [4.78, 5) is 2.56. The van der Waals surface area contributed by atoms with Gasteiger partial charge in [-0.15, -0.1) is 0 Å². The molecule has 1 aromatic rings. The molecular weight excluding hydrogens is 220 g/mol. The Labute approximate surface area is 110 Å². The number of fused-ring (bicyclic) bond motifs is 1. The highest BCUT2D eigenvalue weighted by molar-refractivity contribution is 5.50. The Morgan fingerprint density at radius 1 is 1.22 bits per heavy atom. The van der Waals surface area contributed by atoms with Gasteiger partial charge in [0.05, 0.1) is 0 Å². The largest absolute Gasteiger partial charge is 0.381 e. The lowest BCUT2D eigenvalue weighted by Crippen LogP contribution is -2.31. The molecule has 0 saturated carbocycles. The number of nitrogens with one attached hydrogen (secondary N) is 1. The van der Waals surface area contributed by atoms with Crippen molar-refractivity contribution in [3.63, 3.8) is 0 Å². The predicted molar refractivity (Wildman–Crippen MR) is 77.2 cm³/mol. The van der Waals surface area contributed by atoms with Crippen LogP contribution in [0, 0.1) is 0 Å². The summed E-state index contributed by atoms with van der Waals surface area (Å²) < 4.78 is 0. The third-order valence-corrected chi connectivity index (χ3v) is 4.42. The van der Waals surface area contributed by atoms with E-state index in [-0.39, 0.29) is 0 Å². The van der Waals surface area contributed by atoms with Crippen molar-refractivity contribution in [2.45, 2.75) is 51.6 Å². The van der Waals surface area contributed by atoms with Crippen LogP contribution >= 0.6 is 0 Å². The smallest absolute Gasteiger partial charge is 0.0400 e. The van der Waals surface area contributed by atoms with Crippen LogP contribution in [0.15, 0.2) is 18.2 Å². The van der Waals surface area contributed by atoms with Crippen molar-refractivity contribution >= 4 is 5.69 Å². The van der Waals surface area contributed by atoms with Gasteiger partial charge in [0, 0.05) is 30.9 Å². The number of benzene rings is 1. The van der Waals surface area contributed by atoms with Gasteiger partial charge in [-0.2, -0.15) is 0 Å². The Morgan fingerprint density at radius 2 is 2.06 bits per heavy atom. The minimum absolute atomic E-state index is 0.631. The molecule has 0 amide bonds. The maximum absolute atomic E-state index is 3.71. The number of aryl methyl sites for hydroxylation is 2. The molecule has 1 aromatic carbocycles. The third kappa shape index (κ3) is 2.39. The fraction of sp³-hybridized carbons (Fsp3) is 0.625. The van der Waals surface area contributed by atoms with E-state index in [4.69, 9.17) is 0 Å². The number of anilines is 1. The van der Waals surface area contributed by atoms with Crippen LogP contribution in [0.5, 0.6) is 0 Å². The molecule has 98 valence electrons. The summed E-state index contributed by atoms with van der Waals surface area (Å²) in [7, 11) is 0. The average molecular weight is 244 g/mol. The molecule has 1 heterocycles. The summed E-state index contributed by atoms with van der Waals surface area (Å²) in [5, 5.41) is 3.71. The molecule has 1 N–H and O–H groups in total. The van der Waals surface area contributed by atoms with E-state index in [1.165, 1.54) is 44.5 Å². The zero-order valence-electron chi connectivity index (χ0n) is 11.6. The number of hydrogen-bond donors (Lipinski definition) is 1. The van der Waals surface area contributed by atoms with Crippen molar-refractivity contribution in [3.05, 3.63) is 29.3 Å². The van der Waals surface area contributed by atoms with E-state index in [0.29, 0.717) is 12.1 Å². The normalized spacial score (nSPS) is 23.6. The zero-order valence-corrected chi connectivity index (χ0v) is 11.6. The van der Waals surface area contributed by atoms with E-state index in [2.05, 4.69) is 42.3 Å². The summed E-state index contributed by atoms with van der Waals surface area (Å²) in [5.74, 6) is 0. The standard InChI is InChI=1S/C16H24N2/c1-12(2)18-9-8-16(11-18)17-15-7-6-13-4-3-5-14(13)10-15/h6-7,10,12,16-17H,3-5,8-9,11H2,1-2H3. The fourth-order valence-electron chi connectivity index (χ4n) is 3.27. The second-order valence-electron chi connectivity index (χ2n) is 6.06. The number of likely N-dealkylation sites (tertiary alicyclic amines) is 1. The first-order valence-corrected chi connectivity index (χ1v) is 7.35. The van der Waals surface area contributed by atoms with Crippen molar-refractivity contribution in [1.82, 2.24) is 4.90 Å². The molecule has 18 heavy (non-hydrogen) atoms. The van der Waals surface area contributed by atoms with Crippen LogP contribution in [0.2, 0.25) is 0 Å². The maximum atomic E-state index is 3.71. The Balaban J connectivity index is 1.63. The average Bonchev–Trinajstić information content (AvgIpc) is 2.96. The quantitative estimate of drug-likeness (QED) is 0.879. The van der Waals surface area contributed by atoms with Crippen molar-refractivity contribution in [1.29, 1.82) is 0 Å². The Morgan fingerprint density at radius 3 is 2.83 bits per heavy atom. The van der Waals surface area contributed by atoms with E-state index in [1.54, 1.807) is 11.1 Å². The highest BCUT2D eigenvalue weighted by Gasteiger charge is 2.24. The predicted octanol–water partition coefficient (Wildman–Crippen LogP) is 3.07. The molecule has 1 saturated heterocycles. The molecule has 1 aliphatic carbocycles. The molecule has 2 heteroatoms. The first kappa shape index (κ1) is 12.0. The van der Waals surface area contributed by atoms with E-state index >= 15 is 0 Å². The lowest BCUT2D eigenvalue weighted by atomic mass is 10.1. The van der Waals surface area contributed by atoms with Gasteiger partial charge < -0.3 is 5.32 Å². The van der Waals surface area contributed by atoms with Crippen molar-refractivity contribution in [3.8, 4) is 0 Å². The highest BCUT2D eigenvalue weighted by Crippen LogP contribution is 2.26. The van der Waals surface area contributed by atoms with Crippen LogP contribution in [0.1, 0.15) is 37.8 Å². The SMILES string of the molecule is CC(C)N1CCC(Nc2ccc3c(c2)CCC3)C1. The molecule has 3 rings (SSSR count). The van der Waals surface area contributed by atoms with Gasteiger partial charge in [0.25, 0.3) is 0 Å². The van der Waals surface area contributed by atoms with E-state index in [0.717, 1.165) is 0 Å². The summed E-state index contributed by atoms with van der Waals surface area (Å²) in [6, 6.07) is 8.27. The first-order valence-electron chi connectivity index (χ1n) is 7.35. The maximum Gasteiger partial charge on any atom is 0.0400 e. The molecule has 1 unspecified atom stereocenters. The molecular formula is C16H24N2. The second-order valence-corrected chi connectivity index (χ2v) is 6.06. The van der Waals surface area contributed by atoms with Crippen LogP contribution in [0.25, 0.3) is 0 Å². The topological polar surface area (TPSA) is 15.3 Å². The van der Waals surface area contributed by atoms with Gasteiger partial charge in [-0.3, -0.25) is 4.90 Å². The summed E-state index contributed by atoms with van der Waals surface area (Å²) in [6.45, 7) is 7.00. The Hall–Kier alpha value is -1.02. The molecule has 2 aliphatic rings. The zero-order chi connectivity index (χ0) is 12.5. The van der Waals surface area contributed by atoms with Gasteiger partial charge in [-0.25, -0.2) is 0 Å². The molecule has 1 atom stereocenters. The number of nitrogens with zero attached hydrogens (tertiary/aromatic N) is 1. The second kappa shape index (κ2) is 4.93. The van der Waals surface area contributed by atoms with Crippen LogP contribution in [0.3, 0.4) is 0 Å². The third-order valence-electron chi connectivity index (χ3n) is 4.42. The minimum atomic E-state index is 0.631. The van der Waals surface area contributed by atoms with E-state index < -0.39 is 0 Å². The molecule has 1 fully saturated rings. The molecule has 0 bridgehead atoms. The van der Waals surface area contributed by atoms with Gasteiger partial charge in [-0.1, -0.05) is 6.07 Å². The minimum Gasteiger partial charge on any atom is -0.381 e.